The van der Waals surface area contributed by atoms with Gasteiger partial charge in [-0.3, -0.25) is 4.79 Å². The summed E-state index contributed by atoms with van der Waals surface area (Å²) in [4.78, 5) is 11.7. The van der Waals surface area contributed by atoms with Gasteiger partial charge >= 0.3 is 0 Å². The normalized spacial score (nSPS) is 10.9. The van der Waals surface area contributed by atoms with E-state index in [4.69, 9.17) is 34.8 Å². The monoisotopic (exact) mass is 386 g/mol. The van der Waals surface area contributed by atoms with E-state index >= 15 is 0 Å². The first-order valence-electron chi connectivity index (χ1n) is 6.65. The highest BCUT2D eigenvalue weighted by atomic mass is 35.5. The van der Waals surface area contributed by atoms with Gasteiger partial charge in [0.15, 0.2) is 0 Å². The largest absolute Gasteiger partial charge is 0.272 e. The second-order valence-electron chi connectivity index (χ2n) is 4.51. The van der Waals surface area contributed by atoms with Gasteiger partial charge in [0.05, 0.1) is 22.0 Å². The number of benzene rings is 2. The fourth-order valence-corrected chi connectivity index (χ4v) is 3.30. The van der Waals surface area contributed by atoms with Crippen LogP contribution in [0, 0.1) is 0 Å². The number of hydrazone groups is 1. The topological polar surface area (TPSA) is 41.5 Å². The van der Waals surface area contributed by atoms with Gasteiger partial charge in [0.25, 0.3) is 0 Å². The first-order valence-corrected chi connectivity index (χ1v) is 8.94. The number of amides is 1. The third-order valence-corrected chi connectivity index (χ3v) is 4.84. The quantitative estimate of drug-likeness (QED) is 0.558. The summed E-state index contributed by atoms with van der Waals surface area (Å²) in [6, 6.07) is 12.7. The van der Waals surface area contributed by atoms with Crippen molar-refractivity contribution in [3.8, 4) is 0 Å². The molecule has 0 aliphatic heterocycles. The van der Waals surface area contributed by atoms with Gasteiger partial charge in [0.2, 0.25) is 5.91 Å². The number of carbonyl (C=O) groups is 1. The summed E-state index contributed by atoms with van der Waals surface area (Å²) >= 11 is 19.5. The highest BCUT2D eigenvalue weighted by Gasteiger charge is 2.04. The lowest BCUT2D eigenvalue weighted by Crippen LogP contribution is -2.19. The number of rotatable bonds is 6. The lowest BCUT2D eigenvalue weighted by molar-refractivity contribution is -0.118. The van der Waals surface area contributed by atoms with Gasteiger partial charge in [-0.1, -0.05) is 59.1 Å². The molecule has 0 saturated heterocycles. The maximum absolute atomic E-state index is 11.7. The number of halogens is 3. The van der Waals surface area contributed by atoms with E-state index < -0.39 is 0 Å². The minimum atomic E-state index is -0.207. The number of hydrogen-bond donors (Lipinski definition) is 1. The molecule has 0 fully saturated rings. The molecule has 23 heavy (non-hydrogen) atoms. The second kappa shape index (κ2) is 9.18. The van der Waals surface area contributed by atoms with E-state index in [0.717, 1.165) is 5.56 Å². The van der Waals surface area contributed by atoms with Crippen molar-refractivity contribution < 1.29 is 4.79 Å². The van der Waals surface area contributed by atoms with Crippen molar-refractivity contribution in [2.45, 2.75) is 5.75 Å². The van der Waals surface area contributed by atoms with Crippen LogP contribution < -0.4 is 5.43 Å². The molecule has 120 valence electrons. The van der Waals surface area contributed by atoms with E-state index in [1.807, 2.05) is 24.3 Å². The minimum absolute atomic E-state index is 0.207. The first kappa shape index (κ1) is 18.1. The van der Waals surface area contributed by atoms with Crippen molar-refractivity contribution >= 4 is 58.7 Å². The Morgan fingerprint density at radius 3 is 2.39 bits per heavy atom. The van der Waals surface area contributed by atoms with Crippen LogP contribution in [-0.2, 0) is 10.5 Å². The van der Waals surface area contributed by atoms with Crippen LogP contribution in [-0.4, -0.2) is 17.9 Å². The molecular formula is C16H13Cl3N2OS. The van der Waals surface area contributed by atoms with Crippen LogP contribution in [0.2, 0.25) is 15.1 Å². The average Bonchev–Trinajstić information content (AvgIpc) is 2.52. The first-order chi connectivity index (χ1) is 11.1. The van der Waals surface area contributed by atoms with E-state index in [0.29, 0.717) is 26.4 Å². The Labute approximate surface area is 154 Å². The van der Waals surface area contributed by atoms with Gasteiger partial charge in [-0.05, 0) is 23.8 Å². The molecule has 0 atom stereocenters. The Morgan fingerprint density at radius 1 is 1.04 bits per heavy atom. The van der Waals surface area contributed by atoms with Crippen molar-refractivity contribution in [2.24, 2.45) is 5.10 Å². The molecule has 0 aromatic heterocycles. The predicted molar refractivity (Wildman–Crippen MR) is 99.8 cm³/mol. The predicted octanol–water partition coefficient (Wildman–Crippen LogP) is 5.03. The molecule has 0 radical (unpaired) electrons. The zero-order valence-corrected chi connectivity index (χ0v) is 15.0. The Balaban J connectivity index is 1.79. The van der Waals surface area contributed by atoms with Crippen LogP contribution in [0.1, 0.15) is 11.1 Å². The van der Waals surface area contributed by atoms with Crippen molar-refractivity contribution in [2.75, 3.05) is 5.75 Å². The number of carbonyl (C=O) groups excluding carboxylic acids is 1. The Morgan fingerprint density at radius 2 is 1.70 bits per heavy atom. The van der Waals surface area contributed by atoms with Crippen LogP contribution in [0.5, 0.6) is 0 Å². The zero-order chi connectivity index (χ0) is 16.7. The van der Waals surface area contributed by atoms with Crippen molar-refractivity contribution in [1.29, 1.82) is 0 Å². The Bertz CT molecular complexity index is 702. The molecule has 0 bridgehead atoms. The average molecular weight is 388 g/mol. The molecule has 1 N–H and O–H groups in total. The molecule has 3 nitrogen and oxygen atoms in total. The van der Waals surface area contributed by atoms with Gasteiger partial charge in [0, 0.05) is 16.3 Å². The standard InChI is InChI=1S/C16H13Cl3N2OS/c17-13-5-2-1-4-11(13)9-23-10-16(22)21-20-8-12-14(18)6-3-7-15(12)19/h1-8H,9-10H2,(H,21,22)/b20-8-. The molecule has 0 spiro atoms. The van der Waals surface area contributed by atoms with Crippen LogP contribution in [0.25, 0.3) is 0 Å². The third kappa shape index (κ3) is 5.74. The van der Waals surface area contributed by atoms with E-state index in [1.165, 1.54) is 18.0 Å². The van der Waals surface area contributed by atoms with E-state index in [1.54, 1.807) is 18.2 Å². The second-order valence-corrected chi connectivity index (χ2v) is 6.72. The highest BCUT2D eigenvalue weighted by Crippen LogP contribution is 2.22. The van der Waals surface area contributed by atoms with Crippen LogP contribution in [0.15, 0.2) is 47.6 Å². The Hall–Kier alpha value is -1.20. The molecule has 0 aliphatic rings. The van der Waals surface area contributed by atoms with Gasteiger partial charge in [-0.2, -0.15) is 5.10 Å². The number of nitrogens with zero attached hydrogens (tertiary/aromatic N) is 1. The van der Waals surface area contributed by atoms with E-state index in [-0.39, 0.29) is 11.7 Å². The number of hydrogen-bond acceptors (Lipinski definition) is 3. The van der Waals surface area contributed by atoms with Gasteiger partial charge in [-0.15, -0.1) is 11.8 Å². The molecule has 2 aromatic carbocycles. The fraction of sp³-hybridized carbons (Fsp3) is 0.125. The van der Waals surface area contributed by atoms with Crippen molar-refractivity contribution in [1.82, 2.24) is 5.43 Å². The van der Waals surface area contributed by atoms with Crippen LogP contribution in [0.3, 0.4) is 0 Å². The van der Waals surface area contributed by atoms with Crippen molar-refractivity contribution in [3.05, 3.63) is 68.7 Å². The lowest BCUT2D eigenvalue weighted by atomic mass is 10.2. The van der Waals surface area contributed by atoms with Crippen LogP contribution in [0.4, 0.5) is 0 Å². The maximum atomic E-state index is 11.7. The SMILES string of the molecule is O=C(CSCc1ccccc1Cl)N/N=C\c1c(Cl)cccc1Cl. The molecule has 0 heterocycles. The fourth-order valence-electron chi connectivity index (χ4n) is 1.70. The lowest BCUT2D eigenvalue weighted by Gasteiger charge is -2.04. The molecule has 2 rings (SSSR count). The zero-order valence-electron chi connectivity index (χ0n) is 11.9. The van der Waals surface area contributed by atoms with E-state index in [2.05, 4.69) is 10.5 Å². The molecule has 0 saturated carbocycles. The van der Waals surface area contributed by atoms with Crippen LogP contribution >= 0.6 is 46.6 Å². The van der Waals surface area contributed by atoms with Gasteiger partial charge in [-0.25, -0.2) is 5.43 Å². The third-order valence-electron chi connectivity index (χ3n) is 2.83. The van der Waals surface area contributed by atoms with Gasteiger partial charge < -0.3 is 0 Å². The summed E-state index contributed by atoms with van der Waals surface area (Å²) in [5, 5.41) is 5.53. The molecule has 1 amide bonds. The molecule has 2 aromatic rings. The molecule has 0 unspecified atom stereocenters. The molecule has 0 aliphatic carbocycles. The smallest absolute Gasteiger partial charge is 0.250 e. The van der Waals surface area contributed by atoms with Crippen molar-refractivity contribution in [3.63, 3.8) is 0 Å². The summed E-state index contributed by atoms with van der Waals surface area (Å²) in [7, 11) is 0. The summed E-state index contributed by atoms with van der Waals surface area (Å²) < 4.78 is 0. The summed E-state index contributed by atoms with van der Waals surface area (Å²) in [6.07, 6.45) is 1.43. The number of thioether (sulfide) groups is 1. The number of nitrogens with one attached hydrogen (secondary N) is 1. The molecule has 7 heteroatoms. The molecular weight excluding hydrogens is 375 g/mol. The maximum Gasteiger partial charge on any atom is 0.250 e. The highest BCUT2D eigenvalue weighted by molar-refractivity contribution is 7.99. The van der Waals surface area contributed by atoms with E-state index in [9.17, 15) is 4.79 Å². The Kier molecular flexibility index (Phi) is 7.24. The summed E-state index contributed by atoms with van der Waals surface area (Å²) in [6.45, 7) is 0. The minimum Gasteiger partial charge on any atom is -0.272 e. The summed E-state index contributed by atoms with van der Waals surface area (Å²) in [5.41, 5.74) is 4.01. The van der Waals surface area contributed by atoms with Gasteiger partial charge in [0.1, 0.15) is 0 Å². The summed E-state index contributed by atoms with van der Waals surface area (Å²) in [5.74, 6) is 0.730.